The second-order valence-corrected chi connectivity index (χ2v) is 6.50. The van der Waals surface area contributed by atoms with Crippen molar-refractivity contribution in [2.24, 2.45) is 0 Å². The third-order valence-corrected chi connectivity index (χ3v) is 3.76. The number of benzene rings is 2. The largest absolute Gasteiger partial charge is 0.491 e. The molecule has 0 unspecified atom stereocenters. The van der Waals surface area contributed by atoms with Gasteiger partial charge in [-0.1, -0.05) is 5.16 Å². The molecule has 7 heteroatoms. The number of anilines is 2. The van der Waals surface area contributed by atoms with Gasteiger partial charge < -0.3 is 19.9 Å². The van der Waals surface area contributed by atoms with E-state index in [9.17, 15) is 9.59 Å². The van der Waals surface area contributed by atoms with Crippen LogP contribution in [0.3, 0.4) is 0 Å². The molecule has 0 saturated carbocycles. The summed E-state index contributed by atoms with van der Waals surface area (Å²) in [7, 11) is 0. The number of nitrogens with zero attached hydrogens (tertiary/aromatic N) is 1. The van der Waals surface area contributed by atoms with Gasteiger partial charge in [0.25, 0.3) is 11.8 Å². The fourth-order valence-corrected chi connectivity index (χ4v) is 2.48. The van der Waals surface area contributed by atoms with Crippen molar-refractivity contribution in [1.29, 1.82) is 0 Å². The van der Waals surface area contributed by atoms with Crippen LogP contribution in [0.2, 0.25) is 0 Å². The first-order chi connectivity index (χ1) is 13.4. The summed E-state index contributed by atoms with van der Waals surface area (Å²) in [4.78, 5) is 24.6. The monoisotopic (exact) mass is 379 g/mol. The average Bonchev–Trinajstić information content (AvgIpc) is 3.07. The van der Waals surface area contributed by atoms with Crippen molar-refractivity contribution in [3.05, 3.63) is 71.5 Å². The molecule has 0 aliphatic carbocycles. The number of aryl methyl sites for hydroxylation is 1. The maximum atomic E-state index is 12.4. The molecule has 0 aliphatic heterocycles. The van der Waals surface area contributed by atoms with Crippen LogP contribution < -0.4 is 15.4 Å². The third kappa shape index (κ3) is 4.97. The van der Waals surface area contributed by atoms with Gasteiger partial charge in [-0.25, -0.2) is 0 Å². The fraction of sp³-hybridized carbons (Fsp3) is 0.190. The molecule has 7 nitrogen and oxygen atoms in total. The highest BCUT2D eigenvalue weighted by Crippen LogP contribution is 2.18. The fourth-order valence-electron chi connectivity index (χ4n) is 2.48. The molecule has 3 aromatic rings. The minimum absolute atomic E-state index is 0.0875. The lowest BCUT2D eigenvalue weighted by Gasteiger charge is -2.11. The van der Waals surface area contributed by atoms with Gasteiger partial charge in [0.1, 0.15) is 11.5 Å². The predicted octanol–water partition coefficient (Wildman–Crippen LogP) is 4.27. The Hall–Kier alpha value is -3.61. The number of nitrogens with one attached hydrogen (secondary N) is 2. The normalized spacial score (nSPS) is 10.6. The number of carbonyl (C=O) groups is 2. The van der Waals surface area contributed by atoms with Gasteiger partial charge in [-0.05, 0) is 69.3 Å². The van der Waals surface area contributed by atoms with E-state index in [1.54, 1.807) is 61.5 Å². The summed E-state index contributed by atoms with van der Waals surface area (Å²) in [6.45, 7) is 5.64. The Morgan fingerprint density at radius 1 is 0.929 bits per heavy atom. The first-order valence-electron chi connectivity index (χ1n) is 8.83. The third-order valence-electron chi connectivity index (χ3n) is 3.76. The van der Waals surface area contributed by atoms with Crippen molar-refractivity contribution in [2.75, 3.05) is 10.6 Å². The van der Waals surface area contributed by atoms with E-state index in [2.05, 4.69) is 15.8 Å². The molecule has 144 valence electrons. The maximum Gasteiger partial charge on any atom is 0.256 e. The van der Waals surface area contributed by atoms with Gasteiger partial charge in [0, 0.05) is 22.9 Å². The van der Waals surface area contributed by atoms with Crippen LogP contribution >= 0.6 is 0 Å². The predicted molar refractivity (Wildman–Crippen MR) is 106 cm³/mol. The molecular weight excluding hydrogens is 358 g/mol. The number of rotatable bonds is 6. The highest BCUT2D eigenvalue weighted by atomic mass is 16.5. The molecule has 0 saturated heterocycles. The highest BCUT2D eigenvalue weighted by Gasteiger charge is 2.11. The van der Waals surface area contributed by atoms with Crippen LogP contribution in [0.15, 0.2) is 59.1 Å². The van der Waals surface area contributed by atoms with Crippen LogP contribution in [0.5, 0.6) is 5.75 Å². The molecular formula is C21H21N3O4. The van der Waals surface area contributed by atoms with E-state index in [1.807, 2.05) is 13.8 Å². The van der Waals surface area contributed by atoms with E-state index in [-0.39, 0.29) is 17.9 Å². The molecule has 0 fully saturated rings. The molecule has 0 radical (unpaired) electrons. The van der Waals surface area contributed by atoms with E-state index >= 15 is 0 Å². The Bertz CT molecular complexity index is 960. The average molecular weight is 379 g/mol. The lowest BCUT2D eigenvalue weighted by Crippen LogP contribution is -2.14. The van der Waals surface area contributed by atoms with E-state index in [0.29, 0.717) is 28.4 Å². The van der Waals surface area contributed by atoms with Gasteiger partial charge >= 0.3 is 0 Å². The number of amides is 2. The lowest BCUT2D eigenvalue weighted by molar-refractivity contribution is 0.101. The number of hydrogen-bond acceptors (Lipinski definition) is 5. The van der Waals surface area contributed by atoms with Gasteiger partial charge in [0.05, 0.1) is 6.10 Å². The number of carbonyl (C=O) groups excluding carboxylic acids is 2. The molecule has 0 aliphatic rings. The zero-order valence-corrected chi connectivity index (χ0v) is 15.9. The SMILES string of the molecule is Cc1cc(NC(=O)c2ccc(C(=O)Nc3ccc(OC(C)C)cc3)cc2)no1. The highest BCUT2D eigenvalue weighted by molar-refractivity contribution is 6.07. The molecule has 2 N–H and O–H groups in total. The molecule has 0 spiro atoms. The van der Waals surface area contributed by atoms with E-state index < -0.39 is 0 Å². The van der Waals surface area contributed by atoms with Gasteiger partial charge in [0.15, 0.2) is 5.82 Å². The van der Waals surface area contributed by atoms with Crippen molar-refractivity contribution in [2.45, 2.75) is 26.9 Å². The molecule has 1 heterocycles. The smallest absolute Gasteiger partial charge is 0.256 e. The van der Waals surface area contributed by atoms with E-state index in [0.717, 1.165) is 5.75 Å². The van der Waals surface area contributed by atoms with Crippen molar-refractivity contribution in [1.82, 2.24) is 5.16 Å². The quantitative estimate of drug-likeness (QED) is 0.667. The summed E-state index contributed by atoms with van der Waals surface area (Å²) < 4.78 is 10.5. The molecule has 1 aromatic heterocycles. The zero-order chi connectivity index (χ0) is 20.1. The Morgan fingerprint density at radius 3 is 2.00 bits per heavy atom. The Balaban J connectivity index is 1.60. The summed E-state index contributed by atoms with van der Waals surface area (Å²) in [5, 5.41) is 9.16. The van der Waals surface area contributed by atoms with Crippen LogP contribution in [0.25, 0.3) is 0 Å². The Labute approximate surface area is 162 Å². The van der Waals surface area contributed by atoms with E-state index in [1.165, 1.54) is 0 Å². The standard InChI is InChI=1S/C21H21N3O4/c1-13(2)27-18-10-8-17(9-11-18)22-20(25)15-4-6-16(7-5-15)21(26)23-19-12-14(3)28-24-19/h4-13H,1-3H3,(H,22,25)(H,23,24,26). The maximum absolute atomic E-state index is 12.4. The Morgan fingerprint density at radius 2 is 1.50 bits per heavy atom. The minimum Gasteiger partial charge on any atom is -0.491 e. The van der Waals surface area contributed by atoms with E-state index in [4.69, 9.17) is 9.26 Å². The molecule has 28 heavy (non-hydrogen) atoms. The first-order valence-corrected chi connectivity index (χ1v) is 8.83. The summed E-state index contributed by atoms with van der Waals surface area (Å²) in [6, 6.07) is 15.1. The van der Waals surface area contributed by atoms with Gasteiger partial charge in [-0.2, -0.15) is 0 Å². The van der Waals surface area contributed by atoms with Crippen LogP contribution in [0, 0.1) is 6.92 Å². The lowest BCUT2D eigenvalue weighted by atomic mass is 10.1. The van der Waals surface area contributed by atoms with Crippen LogP contribution in [-0.2, 0) is 0 Å². The van der Waals surface area contributed by atoms with Crippen LogP contribution in [0.1, 0.15) is 40.3 Å². The molecule has 2 aromatic carbocycles. The molecule has 0 bridgehead atoms. The summed E-state index contributed by atoms with van der Waals surface area (Å²) in [5.74, 6) is 1.09. The molecule has 3 rings (SSSR count). The number of aromatic nitrogens is 1. The summed E-state index contributed by atoms with van der Waals surface area (Å²) in [6.07, 6.45) is 0.0875. The Kier molecular flexibility index (Phi) is 5.74. The zero-order valence-electron chi connectivity index (χ0n) is 15.9. The van der Waals surface area contributed by atoms with Crippen molar-refractivity contribution >= 4 is 23.3 Å². The van der Waals surface area contributed by atoms with Crippen molar-refractivity contribution in [3.8, 4) is 5.75 Å². The summed E-state index contributed by atoms with van der Waals surface area (Å²) >= 11 is 0. The number of ether oxygens (including phenoxy) is 1. The number of hydrogen-bond donors (Lipinski definition) is 2. The first kappa shape index (κ1) is 19.2. The topological polar surface area (TPSA) is 93.5 Å². The van der Waals surface area contributed by atoms with Crippen LogP contribution in [0.4, 0.5) is 11.5 Å². The second-order valence-electron chi connectivity index (χ2n) is 6.50. The van der Waals surface area contributed by atoms with Gasteiger partial charge in [0.2, 0.25) is 0 Å². The molecule has 2 amide bonds. The second kappa shape index (κ2) is 8.39. The van der Waals surface area contributed by atoms with Gasteiger partial charge in [-0.3, -0.25) is 9.59 Å². The van der Waals surface area contributed by atoms with Crippen molar-refractivity contribution in [3.63, 3.8) is 0 Å². The minimum atomic E-state index is -0.332. The van der Waals surface area contributed by atoms with Crippen LogP contribution in [-0.4, -0.2) is 23.1 Å². The molecule has 0 atom stereocenters. The van der Waals surface area contributed by atoms with Crippen molar-refractivity contribution < 1.29 is 18.8 Å². The van der Waals surface area contributed by atoms with Gasteiger partial charge in [-0.15, -0.1) is 0 Å². The summed E-state index contributed by atoms with van der Waals surface area (Å²) in [5.41, 5.74) is 1.51.